The number of hydrogen-bond acceptors (Lipinski definition) is 6. The number of aryl methyl sites for hydroxylation is 2. The van der Waals surface area contributed by atoms with Gasteiger partial charge in [-0.3, -0.25) is 0 Å². The summed E-state index contributed by atoms with van der Waals surface area (Å²) in [5.74, 6) is 0.391. The molecular formula is C19H20ClN5O3. The molecule has 3 aromatic rings. The number of rotatable bonds is 6. The van der Waals surface area contributed by atoms with E-state index >= 15 is 0 Å². The number of ether oxygens (including phenoxy) is 1. The van der Waals surface area contributed by atoms with Crippen molar-refractivity contribution >= 4 is 17.5 Å². The Labute approximate surface area is 166 Å². The van der Waals surface area contributed by atoms with Crippen molar-refractivity contribution in [3.05, 3.63) is 74.7 Å². The number of nitrogens with zero attached hydrogens (tertiary/aromatic N) is 5. The average Bonchev–Trinajstić information content (AvgIpc) is 3.01. The third-order valence-corrected chi connectivity index (χ3v) is 4.35. The average molecular weight is 402 g/mol. The van der Waals surface area contributed by atoms with Gasteiger partial charge in [-0.15, -0.1) is 0 Å². The molecule has 0 fully saturated rings. The molecule has 2 aromatic carbocycles. The summed E-state index contributed by atoms with van der Waals surface area (Å²) in [7, 11) is 1.55. The lowest BCUT2D eigenvalue weighted by atomic mass is 10.1. The molecule has 146 valence electrons. The molecular weight excluding hydrogens is 382 g/mol. The summed E-state index contributed by atoms with van der Waals surface area (Å²) < 4.78 is 7.98. The summed E-state index contributed by atoms with van der Waals surface area (Å²) >= 11 is 5.87. The molecule has 0 aliphatic carbocycles. The maximum atomic E-state index is 12.2. The molecule has 0 amide bonds. The van der Waals surface area contributed by atoms with Gasteiger partial charge in [0.05, 0.1) is 5.69 Å². The number of benzene rings is 2. The van der Waals surface area contributed by atoms with Crippen molar-refractivity contribution in [3.63, 3.8) is 0 Å². The van der Waals surface area contributed by atoms with E-state index in [1.54, 1.807) is 32.2 Å². The molecule has 0 spiro atoms. The van der Waals surface area contributed by atoms with Crippen LogP contribution in [-0.2, 0) is 29.8 Å². The topological polar surface area (TPSA) is 83.5 Å². The summed E-state index contributed by atoms with van der Waals surface area (Å²) in [6, 6.07) is 12.9. The third-order valence-electron chi connectivity index (χ3n) is 4.10. The highest BCUT2D eigenvalue weighted by atomic mass is 35.5. The minimum Gasteiger partial charge on any atom is -0.474 e. The smallest absolute Gasteiger partial charge is 0.368 e. The van der Waals surface area contributed by atoms with Crippen LogP contribution in [-0.4, -0.2) is 25.7 Å². The first-order valence-electron chi connectivity index (χ1n) is 8.57. The Kier molecular flexibility index (Phi) is 6.10. The van der Waals surface area contributed by atoms with Crippen LogP contribution < -0.4 is 5.69 Å². The van der Waals surface area contributed by atoms with Crippen LogP contribution in [0.1, 0.15) is 23.6 Å². The number of halogens is 1. The maximum Gasteiger partial charge on any atom is 0.368 e. The lowest BCUT2D eigenvalue weighted by Gasteiger charge is -2.11. The van der Waals surface area contributed by atoms with Gasteiger partial charge in [0.15, 0.2) is 0 Å². The lowest BCUT2D eigenvalue weighted by molar-refractivity contribution is 0.117. The molecule has 1 heterocycles. The van der Waals surface area contributed by atoms with Gasteiger partial charge in [0.1, 0.15) is 13.2 Å². The number of aromatic nitrogens is 4. The summed E-state index contributed by atoms with van der Waals surface area (Å²) in [5.41, 5.74) is 2.98. The fourth-order valence-corrected chi connectivity index (χ4v) is 2.65. The van der Waals surface area contributed by atoms with Crippen molar-refractivity contribution in [1.29, 1.82) is 0 Å². The van der Waals surface area contributed by atoms with E-state index in [1.165, 1.54) is 9.36 Å². The van der Waals surface area contributed by atoms with E-state index < -0.39 is 0 Å². The molecule has 28 heavy (non-hydrogen) atoms. The van der Waals surface area contributed by atoms with E-state index in [-0.39, 0.29) is 12.3 Å². The highest BCUT2D eigenvalue weighted by molar-refractivity contribution is 6.30. The first-order valence-corrected chi connectivity index (χ1v) is 8.95. The molecule has 3 rings (SSSR count). The molecule has 0 N–H and O–H groups in total. The van der Waals surface area contributed by atoms with Crippen LogP contribution in [0, 0.1) is 6.92 Å². The van der Waals surface area contributed by atoms with Gasteiger partial charge in [-0.1, -0.05) is 41.0 Å². The van der Waals surface area contributed by atoms with Gasteiger partial charge in [0.25, 0.3) is 0 Å². The van der Waals surface area contributed by atoms with Crippen molar-refractivity contribution in [3.8, 4) is 5.69 Å². The number of oxime groups is 1. The zero-order valence-electron chi connectivity index (χ0n) is 15.8. The molecule has 0 saturated heterocycles. The molecule has 0 bridgehead atoms. The summed E-state index contributed by atoms with van der Waals surface area (Å²) in [6.45, 7) is 4.16. The van der Waals surface area contributed by atoms with E-state index in [4.69, 9.17) is 21.2 Å². The Morgan fingerprint density at radius 1 is 1.14 bits per heavy atom. The van der Waals surface area contributed by atoms with E-state index in [1.807, 2.05) is 31.2 Å². The fourth-order valence-electron chi connectivity index (χ4n) is 2.52. The minimum absolute atomic E-state index is 0.159. The van der Waals surface area contributed by atoms with Crippen LogP contribution in [0.2, 0.25) is 5.02 Å². The molecule has 0 saturated carbocycles. The molecule has 0 atom stereocenters. The largest absolute Gasteiger partial charge is 0.474 e. The Morgan fingerprint density at radius 3 is 2.57 bits per heavy atom. The highest BCUT2D eigenvalue weighted by Gasteiger charge is 2.13. The Bertz CT molecular complexity index is 1040. The maximum absolute atomic E-state index is 12.2. The van der Waals surface area contributed by atoms with Gasteiger partial charge in [0.2, 0.25) is 5.90 Å². The zero-order valence-corrected chi connectivity index (χ0v) is 16.6. The normalized spacial score (nSPS) is 11.5. The predicted octanol–water partition coefficient (Wildman–Crippen LogP) is 2.99. The van der Waals surface area contributed by atoms with Crippen molar-refractivity contribution < 1.29 is 9.57 Å². The van der Waals surface area contributed by atoms with E-state index in [0.717, 1.165) is 16.7 Å². The van der Waals surface area contributed by atoms with Crippen molar-refractivity contribution in [2.45, 2.75) is 27.1 Å². The minimum atomic E-state index is -0.335. The summed E-state index contributed by atoms with van der Waals surface area (Å²) in [4.78, 5) is 17.6. The van der Waals surface area contributed by atoms with Crippen LogP contribution in [0.3, 0.4) is 0 Å². The van der Waals surface area contributed by atoms with Crippen LogP contribution in [0.15, 0.2) is 52.4 Å². The van der Waals surface area contributed by atoms with Crippen molar-refractivity contribution in [2.24, 2.45) is 12.2 Å². The van der Waals surface area contributed by atoms with Gasteiger partial charge in [-0.25, -0.2) is 4.79 Å². The second-order valence-corrected chi connectivity index (χ2v) is 6.60. The highest BCUT2D eigenvalue weighted by Crippen LogP contribution is 2.18. The molecule has 1 aromatic heterocycles. The Hall–Kier alpha value is -3.13. The molecule has 0 radical (unpaired) electrons. The fraction of sp³-hybridized carbons (Fsp3) is 0.263. The quantitative estimate of drug-likeness (QED) is 0.360. The standard InChI is InChI=1S/C19H20ClN5O3/c1-13-5-4-6-18(25-19(26)24(3)22-23-25)17(13)12-28-21-14(2)27-11-15-7-9-16(20)10-8-15/h4-10H,11-12H2,1-3H3/b21-14+. The number of hydrogen-bond donors (Lipinski definition) is 0. The number of tetrazole rings is 1. The summed E-state index contributed by atoms with van der Waals surface area (Å²) in [5, 5.41) is 12.3. The Balaban J connectivity index is 1.67. The predicted molar refractivity (Wildman–Crippen MR) is 105 cm³/mol. The van der Waals surface area contributed by atoms with Gasteiger partial charge >= 0.3 is 5.69 Å². The first kappa shape index (κ1) is 19.6. The van der Waals surface area contributed by atoms with Crippen LogP contribution in [0.25, 0.3) is 5.69 Å². The molecule has 0 unspecified atom stereocenters. The van der Waals surface area contributed by atoms with Crippen molar-refractivity contribution in [1.82, 2.24) is 19.8 Å². The van der Waals surface area contributed by atoms with E-state index in [2.05, 4.69) is 15.6 Å². The molecule has 8 nitrogen and oxygen atoms in total. The van der Waals surface area contributed by atoms with Crippen LogP contribution in [0.4, 0.5) is 0 Å². The van der Waals surface area contributed by atoms with Gasteiger partial charge in [-0.05, 0) is 46.7 Å². The van der Waals surface area contributed by atoms with E-state index in [0.29, 0.717) is 23.2 Å². The first-order chi connectivity index (χ1) is 13.5. The van der Waals surface area contributed by atoms with Gasteiger partial charge in [-0.2, -0.15) is 9.36 Å². The van der Waals surface area contributed by atoms with Gasteiger partial charge < -0.3 is 9.57 Å². The molecule has 9 heteroatoms. The van der Waals surface area contributed by atoms with Crippen LogP contribution in [0.5, 0.6) is 0 Å². The lowest BCUT2D eigenvalue weighted by Crippen LogP contribution is -2.23. The molecule has 0 aliphatic rings. The van der Waals surface area contributed by atoms with Crippen LogP contribution >= 0.6 is 11.6 Å². The van der Waals surface area contributed by atoms with Gasteiger partial charge in [0, 0.05) is 24.6 Å². The summed E-state index contributed by atoms with van der Waals surface area (Å²) in [6.07, 6.45) is 0. The molecule has 0 aliphatic heterocycles. The SMILES string of the molecule is C/C(=N\OCc1c(C)cccc1-n1nnn(C)c1=O)OCc1ccc(Cl)cc1. The second kappa shape index (κ2) is 8.71. The Morgan fingerprint density at radius 2 is 1.89 bits per heavy atom. The van der Waals surface area contributed by atoms with E-state index in [9.17, 15) is 4.79 Å². The third kappa shape index (κ3) is 4.58. The monoisotopic (exact) mass is 401 g/mol. The zero-order chi connectivity index (χ0) is 20.1. The second-order valence-electron chi connectivity index (χ2n) is 6.17. The van der Waals surface area contributed by atoms with Crippen molar-refractivity contribution in [2.75, 3.05) is 0 Å².